The lowest BCUT2D eigenvalue weighted by molar-refractivity contribution is 0.0914. The van der Waals surface area contributed by atoms with Crippen molar-refractivity contribution < 1.29 is 9.53 Å². The first-order valence-electron chi connectivity index (χ1n) is 8.43. The lowest BCUT2D eigenvalue weighted by atomic mass is 10.3. The largest absolute Gasteiger partial charge is 0.450 e. The molecule has 1 aliphatic heterocycles. The highest BCUT2D eigenvalue weighted by Crippen LogP contribution is 2.04. The predicted molar refractivity (Wildman–Crippen MR) is 90.9 cm³/mol. The van der Waals surface area contributed by atoms with Gasteiger partial charge in [0.1, 0.15) is 12.2 Å². The van der Waals surface area contributed by atoms with E-state index in [0.29, 0.717) is 19.7 Å². The number of carbonyl (C=O) groups is 1. The van der Waals surface area contributed by atoms with Crippen LogP contribution in [0.5, 0.6) is 0 Å². The van der Waals surface area contributed by atoms with E-state index in [4.69, 9.17) is 4.74 Å². The molecule has 1 aromatic rings. The smallest absolute Gasteiger partial charge is 0.409 e. The van der Waals surface area contributed by atoms with Gasteiger partial charge < -0.3 is 24.4 Å². The molecule has 9 nitrogen and oxygen atoms in total. The van der Waals surface area contributed by atoms with Gasteiger partial charge in [-0.2, -0.15) is 0 Å². The molecule has 0 atom stereocenters. The minimum Gasteiger partial charge on any atom is -0.450 e. The second-order valence-electron chi connectivity index (χ2n) is 5.44. The molecule has 1 aliphatic rings. The Morgan fingerprint density at radius 2 is 2.00 bits per heavy atom. The van der Waals surface area contributed by atoms with Crippen molar-refractivity contribution in [1.29, 1.82) is 0 Å². The highest BCUT2D eigenvalue weighted by atomic mass is 16.6. The Morgan fingerprint density at radius 3 is 2.62 bits per heavy atom. The van der Waals surface area contributed by atoms with Crippen LogP contribution >= 0.6 is 0 Å². The zero-order valence-corrected chi connectivity index (χ0v) is 14.7. The summed E-state index contributed by atoms with van der Waals surface area (Å²) in [6.45, 7) is 8.60. The third-order valence-electron chi connectivity index (χ3n) is 3.96. The minimum absolute atomic E-state index is 0.236. The summed E-state index contributed by atoms with van der Waals surface area (Å²) in [7, 11) is 1.77. The first kappa shape index (κ1) is 18.0. The molecule has 0 bridgehead atoms. The van der Waals surface area contributed by atoms with E-state index < -0.39 is 0 Å². The second kappa shape index (κ2) is 9.09. The van der Waals surface area contributed by atoms with Crippen LogP contribution in [0.4, 0.5) is 4.79 Å². The zero-order valence-electron chi connectivity index (χ0n) is 14.7. The summed E-state index contributed by atoms with van der Waals surface area (Å²) >= 11 is 0. The summed E-state index contributed by atoms with van der Waals surface area (Å²) in [4.78, 5) is 20.0. The van der Waals surface area contributed by atoms with Crippen molar-refractivity contribution in [1.82, 2.24) is 29.9 Å². The van der Waals surface area contributed by atoms with Crippen LogP contribution in [0.3, 0.4) is 0 Å². The summed E-state index contributed by atoms with van der Waals surface area (Å²) in [5.41, 5.74) is 0. The SMILES string of the molecule is CCOC(=O)N1CCN(C(=NC)NCCn2cnnc2CC)CC1. The fourth-order valence-corrected chi connectivity index (χ4v) is 2.68. The van der Waals surface area contributed by atoms with Crippen molar-refractivity contribution in [2.45, 2.75) is 26.8 Å². The van der Waals surface area contributed by atoms with Gasteiger partial charge in [-0.25, -0.2) is 4.79 Å². The van der Waals surface area contributed by atoms with Crippen molar-refractivity contribution in [3.05, 3.63) is 12.2 Å². The van der Waals surface area contributed by atoms with E-state index in [1.165, 1.54) is 0 Å². The zero-order chi connectivity index (χ0) is 17.4. The van der Waals surface area contributed by atoms with Gasteiger partial charge in [0.2, 0.25) is 0 Å². The molecule has 0 unspecified atom stereocenters. The van der Waals surface area contributed by atoms with E-state index in [1.54, 1.807) is 18.3 Å². The average Bonchev–Trinajstić information content (AvgIpc) is 3.06. The van der Waals surface area contributed by atoms with Crippen molar-refractivity contribution in [3.8, 4) is 0 Å². The standard InChI is InChI=1S/C15H27N7O2/c1-4-13-19-18-12-22(13)7-6-17-14(16-3)20-8-10-21(11-9-20)15(23)24-5-2/h12H,4-11H2,1-3H3,(H,16,17). The predicted octanol–water partition coefficient (Wildman–Crippen LogP) is 0.190. The summed E-state index contributed by atoms with van der Waals surface area (Å²) in [5, 5.41) is 11.4. The Bertz CT molecular complexity index is 550. The molecule has 0 aromatic carbocycles. The molecule has 2 rings (SSSR count). The number of hydrogen-bond acceptors (Lipinski definition) is 5. The Labute approximate surface area is 142 Å². The Hall–Kier alpha value is -2.32. The minimum atomic E-state index is -0.236. The maximum absolute atomic E-state index is 11.7. The molecule has 1 aromatic heterocycles. The molecular formula is C15H27N7O2. The molecule has 0 aliphatic carbocycles. The van der Waals surface area contributed by atoms with Gasteiger partial charge in [0, 0.05) is 52.7 Å². The Morgan fingerprint density at radius 1 is 1.29 bits per heavy atom. The van der Waals surface area contributed by atoms with Crippen molar-refractivity contribution in [3.63, 3.8) is 0 Å². The third kappa shape index (κ3) is 4.59. The molecule has 9 heteroatoms. The quantitative estimate of drug-likeness (QED) is 0.610. The van der Waals surface area contributed by atoms with Gasteiger partial charge in [0.25, 0.3) is 0 Å². The van der Waals surface area contributed by atoms with Gasteiger partial charge >= 0.3 is 6.09 Å². The third-order valence-corrected chi connectivity index (χ3v) is 3.96. The van der Waals surface area contributed by atoms with Gasteiger partial charge in [-0.05, 0) is 6.92 Å². The maximum Gasteiger partial charge on any atom is 0.409 e. The number of ether oxygens (including phenoxy) is 1. The molecule has 1 amide bonds. The number of nitrogens with zero attached hydrogens (tertiary/aromatic N) is 6. The van der Waals surface area contributed by atoms with Crippen LogP contribution in [0.15, 0.2) is 11.3 Å². The van der Waals surface area contributed by atoms with Crippen LogP contribution in [0.1, 0.15) is 19.7 Å². The van der Waals surface area contributed by atoms with E-state index in [0.717, 1.165) is 44.4 Å². The lowest BCUT2D eigenvalue weighted by Crippen LogP contribution is -2.54. The summed E-state index contributed by atoms with van der Waals surface area (Å²) < 4.78 is 7.08. The van der Waals surface area contributed by atoms with Crippen LogP contribution in [0.2, 0.25) is 0 Å². The van der Waals surface area contributed by atoms with Crippen molar-refractivity contribution >= 4 is 12.1 Å². The number of rotatable bonds is 5. The van der Waals surface area contributed by atoms with Gasteiger partial charge in [0.05, 0.1) is 6.61 Å². The Kier molecular flexibility index (Phi) is 6.83. The molecule has 24 heavy (non-hydrogen) atoms. The normalized spacial score (nSPS) is 15.5. The average molecular weight is 337 g/mol. The van der Waals surface area contributed by atoms with Gasteiger partial charge in [-0.3, -0.25) is 4.99 Å². The summed E-state index contributed by atoms with van der Waals surface area (Å²) in [5.74, 6) is 1.83. The fraction of sp³-hybridized carbons (Fsp3) is 0.733. The lowest BCUT2D eigenvalue weighted by Gasteiger charge is -2.35. The molecular weight excluding hydrogens is 310 g/mol. The number of aryl methyl sites for hydroxylation is 1. The van der Waals surface area contributed by atoms with Crippen molar-refractivity contribution in [2.75, 3.05) is 46.4 Å². The number of amides is 1. The number of aliphatic imine (C=N–C) groups is 1. The molecule has 1 saturated heterocycles. The van der Waals surface area contributed by atoms with Crippen LogP contribution in [0.25, 0.3) is 0 Å². The van der Waals surface area contributed by atoms with E-state index in [-0.39, 0.29) is 6.09 Å². The summed E-state index contributed by atoms with van der Waals surface area (Å²) in [6, 6.07) is 0. The first-order valence-corrected chi connectivity index (χ1v) is 8.43. The molecule has 2 heterocycles. The number of hydrogen-bond donors (Lipinski definition) is 1. The summed E-state index contributed by atoms with van der Waals surface area (Å²) in [6.07, 6.45) is 2.38. The Balaban J connectivity index is 1.77. The first-order chi connectivity index (χ1) is 11.7. The van der Waals surface area contributed by atoms with E-state index in [1.807, 2.05) is 11.5 Å². The maximum atomic E-state index is 11.7. The topological polar surface area (TPSA) is 87.9 Å². The van der Waals surface area contributed by atoms with Crippen molar-refractivity contribution in [2.24, 2.45) is 4.99 Å². The number of piperazine rings is 1. The molecule has 0 saturated carbocycles. The highest BCUT2D eigenvalue weighted by Gasteiger charge is 2.23. The van der Waals surface area contributed by atoms with Gasteiger partial charge in [-0.1, -0.05) is 6.92 Å². The van der Waals surface area contributed by atoms with E-state index in [9.17, 15) is 4.79 Å². The van der Waals surface area contributed by atoms with Gasteiger partial charge in [0.15, 0.2) is 5.96 Å². The molecule has 0 radical (unpaired) electrons. The number of carbonyl (C=O) groups excluding carboxylic acids is 1. The number of guanidine groups is 1. The number of nitrogens with one attached hydrogen (secondary N) is 1. The van der Waals surface area contributed by atoms with E-state index >= 15 is 0 Å². The van der Waals surface area contributed by atoms with Crippen LogP contribution in [-0.4, -0.2) is 83.0 Å². The molecule has 134 valence electrons. The molecule has 0 spiro atoms. The van der Waals surface area contributed by atoms with Gasteiger partial charge in [-0.15, -0.1) is 10.2 Å². The fourth-order valence-electron chi connectivity index (χ4n) is 2.68. The molecule has 1 fully saturated rings. The highest BCUT2D eigenvalue weighted by molar-refractivity contribution is 5.80. The monoisotopic (exact) mass is 337 g/mol. The van der Waals surface area contributed by atoms with Crippen LogP contribution < -0.4 is 5.32 Å². The van der Waals surface area contributed by atoms with E-state index in [2.05, 4.69) is 32.3 Å². The van der Waals surface area contributed by atoms with Crippen LogP contribution in [0, 0.1) is 0 Å². The van der Waals surface area contributed by atoms with Crippen LogP contribution in [-0.2, 0) is 17.7 Å². The number of aromatic nitrogens is 3. The second-order valence-corrected chi connectivity index (χ2v) is 5.44. The molecule has 1 N–H and O–H groups in total.